The van der Waals surface area contributed by atoms with Crippen molar-refractivity contribution in [2.45, 2.75) is 138 Å². The molecule has 0 bridgehead atoms. The monoisotopic (exact) mass is 631 g/mol. The van der Waals surface area contributed by atoms with Gasteiger partial charge in [0.2, 0.25) is 0 Å². The van der Waals surface area contributed by atoms with Gasteiger partial charge in [0.25, 0.3) is 0 Å². The SMILES string of the molecule is CC(Cn1cnc2c(N)ncnc21)OC(=O)[C@@]1(C)CC[C@]2(C)CC[C@]3(C)C(=CC[C@@H]4[C@@]5(C)CC[C@H](O)C(C)(C)[C@@H]5CC[C@]43C)[C@@H]2C1. The van der Waals surface area contributed by atoms with Crippen LogP contribution < -0.4 is 5.73 Å². The van der Waals surface area contributed by atoms with E-state index in [1.807, 2.05) is 11.5 Å². The van der Waals surface area contributed by atoms with Crippen LogP contribution in [0.4, 0.5) is 5.82 Å². The first-order chi connectivity index (χ1) is 21.5. The summed E-state index contributed by atoms with van der Waals surface area (Å²) in [6.07, 6.45) is 16.1. The van der Waals surface area contributed by atoms with Crippen LogP contribution in [0, 0.1) is 50.2 Å². The fourth-order valence-corrected chi connectivity index (χ4v) is 12.2. The van der Waals surface area contributed by atoms with Gasteiger partial charge < -0.3 is 20.1 Å². The Hall–Kier alpha value is -2.48. The number of fused-ring (bicyclic) bond motifs is 8. The largest absolute Gasteiger partial charge is 0.460 e. The number of nitrogens with two attached hydrogens (primary N) is 1. The Kier molecular flexibility index (Phi) is 7.16. The van der Waals surface area contributed by atoms with Crippen molar-refractivity contribution in [3.8, 4) is 0 Å². The number of nitrogens with zero attached hydrogens (tertiary/aromatic N) is 4. The summed E-state index contributed by atoms with van der Waals surface area (Å²) < 4.78 is 8.12. The molecule has 2 heterocycles. The maximum Gasteiger partial charge on any atom is 0.312 e. The van der Waals surface area contributed by atoms with Gasteiger partial charge in [-0.1, -0.05) is 53.2 Å². The van der Waals surface area contributed by atoms with Crippen molar-refractivity contribution >= 4 is 23.0 Å². The predicted molar refractivity (Wildman–Crippen MR) is 180 cm³/mol. The van der Waals surface area contributed by atoms with Gasteiger partial charge in [0.1, 0.15) is 17.9 Å². The maximum atomic E-state index is 14.0. The van der Waals surface area contributed by atoms with Crippen LogP contribution in [0.25, 0.3) is 11.2 Å². The zero-order valence-electron chi connectivity index (χ0n) is 29.5. The highest BCUT2D eigenvalue weighted by atomic mass is 16.5. The molecule has 5 aliphatic carbocycles. The first-order valence-corrected chi connectivity index (χ1v) is 18.0. The Labute approximate surface area is 275 Å². The van der Waals surface area contributed by atoms with Crippen molar-refractivity contribution in [3.05, 3.63) is 24.3 Å². The number of anilines is 1. The Bertz CT molecular complexity index is 1580. The van der Waals surface area contributed by atoms with E-state index in [1.54, 1.807) is 11.9 Å². The number of allylic oxidation sites excluding steroid dienone is 2. The summed E-state index contributed by atoms with van der Waals surface area (Å²) in [7, 11) is 0. The van der Waals surface area contributed by atoms with Gasteiger partial charge in [-0.3, -0.25) is 4.79 Å². The van der Waals surface area contributed by atoms with Crippen LogP contribution in [0.15, 0.2) is 24.3 Å². The number of nitrogen functional groups attached to an aromatic ring is 1. The van der Waals surface area contributed by atoms with Gasteiger partial charge in [0, 0.05) is 0 Å². The van der Waals surface area contributed by atoms with E-state index in [-0.39, 0.29) is 45.3 Å². The van der Waals surface area contributed by atoms with Crippen molar-refractivity contribution in [1.82, 2.24) is 19.5 Å². The summed E-state index contributed by atoms with van der Waals surface area (Å²) in [4.78, 5) is 26.8. The molecular formula is C38H57N5O3. The van der Waals surface area contributed by atoms with Crippen molar-refractivity contribution in [2.75, 3.05) is 5.73 Å². The molecular weight excluding hydrogens is 574 g/mol. The lowest BCUT2D eigenvalue weighted by molar-refractivity contribution is -0.203. The molecule has 8 heteroatoms. The van der Waals surface area contributed by atoms with E-state index in [4.69, 9.17) is 10.5 Å². The van der Waals surface area contributed by atoms with Gasteiger partial charge in [0.15, 0.2) is 11.5 Å². The first-order valence-electron chi connectivity index (χ1n) is 18.0. The summed E-state index contributed by atoms with van der Waals surface area (Å²) in [5.74, 6) is 1.83. The Morgan fingerprint density at radius 1 is 1.00 bits per heavy atom. The van der Waals surface area contributed by atoms with Gasteiger partial charge in [-0.25, -0.2) is 15.0 Å². The molecule has 7 rings (SSSR count). The maximum absolute atomic E-state index is 14.0. The molecule has 2 aromatic rings. The van der Waals surface area contributed by atoms with Crippen LogP contribution in [0.5, 0.6) is 0 Å². The number of imidazole rings is 1. The number of hydrogen-bond donors (Lipinski definition) is 2. The molecule has 0 radical (unpaired) electrons. The summed E-state index contributed by atoms with van der Waals surface area (Å²) in [5.41, 5.74) is 9.08. The van der Waals surface area contributed by atoms with Crippen LogP contribution in [0.2, 0.25) is 0 Å². The minimum Gasteiger partial charge on any atom is -0.460 e. The summed E-state index contributed by atoms with van der Waals surface area (Å²) in [6, 6.07) is 0. The third-order valence-electron chi connectivity index (χ3n) is 15.5. The number of hydrogen-bond acceptors (Lipinski definition) is 7. The Balaban J connectivity index is 1.13. The second-order valence-corrected chi connectivity index (χ2v) is 18.2. The third-order valence-corrected chi connectivity index (χ3v) is 15.5. The lowest BCUT2D eigenvalue weighted by Gasteiger charge is -2.71. The molecule has 8 nitrogen and oxygen atoms in total. The van der Waals surface area contributed by atoms with Gasteiger partial charge >= 0.3 is 5.97 Å². The second-order valence-electron chi connectivity index (χ2n) is 18.2. The van der Waals surface area contributed by atoms with Gasteiger partial charge in [-0.05, 0) is 123 Å². The predicted octanol–water partition coefficient (Wildman–Crippen LogP) is 7.50. The minimum atomic E-state index is -0.522. The first kappa shape index (κ1) is 32.1. The molecule has 4 saturated carbocycles. The standard InChI is InChI=1S/C38H57N5O3/c1-23(20-43-22-42-29-30(39)40-21-41-31(29)43)46-32(45)35(5)16-15-34(4)17-18-37(7)24(25(34)19-35)9-10-27-36(6)13-12-28(44)33(2,3)26(36)11-14-38(27,37)8/h9,21-23,25-28,44H,10-20H2,1-8H3,(H2,39,40,41)/t23?,25-,26-,27+,28-,34+,35-,36-,37+,38+/m0/s1. The molecule has 252 valence electrons. The molecule has 0 saturated heterocycles. The fraction of sp³-hybridized carbons (Fsp3) is 0.789. The molecule has 5 aliphatic rings. The average molecular weight is 632 g/mol. The van der Waals surface area contributed by atoms with Crippen molar-refractivity contribution < 1.29 is 14.6 Å². The van der Waals surface area contributed by atoms with E-state index in [0.717, 1.165) is 38.5 Å². The normalized spacial score (nSPS) is 43.8. The van der Waals surface area contributed by atoms with E-state index < -0.39 is 5.41 Å². The number of aliphatic hydroxyl groups is 1. The Morgan fingerprint density at radius 2 is 1.74 bits per heavy atom. The van der Waals surface area contributed by atoms with Gasteiger partial charge in [-0.15, -0.1) is 0 Å². The molecule has 2 aromatic heterocycles. The van der Waals surface area contributed by atoms with Crippen LogP contribution in [0.3, 0.4) is 0 Å². The zero-order valence-corrected chi connectivity index (χ0v) is 29.5. The van der Waals surface area contributed by atoms with Crippen LogP contribution in [0.1, 0.15) is 120 Å². The molecule has 0 spiro atoms. The number of ether oxygens (including phenoxy) is 1. The van der Waals surface area contributed by atoms with Crippen molar-refractivity contribution in [3.63, 3.8) is 0 Å². The Morgan fingerprint density at radius 3 is 2.50 bits per heavy atom. The van der Waals surface area contributed by atoms with E-state index in [9.17, 15) is 9.90 Å². The van der Waals surface area contributed by atoms with E-state index in [2.05, 4.69) is 69.5 Å². The lowest BCUT2D eigenvalue weighted by Crippen LogP contribution is -2.64. The molecule has 46 heavy (non-hydrogen) atoms. The molecule has 3 N–H and O–H groups in total. The third kappa shape index (κ3) is 4.33. The molecule has 4 fully saturated rings. The van der Waals surface area contributed by atoms with E-state index in [1.165, 1.54) is 32.0 Å². The number of aliphatic hydroxyl groups excluding tert-OH is 1. The molecule has 0 aliphatic heterocycles. The highest BCUT2D eigenvalue weighted by Crippen LogP contribution is 2.75. The number of aromatic nitrogens is 4. The molecule has 10 atom stereocenters. The molecule has 1 unspecified atom stereocenters. The minimum absolute atomic E-state index is 0.0426. The smallest absolute Gasteiger partial charge is 0.312 e. The van der Waals surface area contributed by atoms with Gasteiger partial charge in [0.05, 0.1) is 24.4 Å². The van der Waals surface area contributed by atoms with E-state index in [0.29, 0.717) is 41.3 Å². The summed E-state index contributed by atoms with van der Waals surface area (Å²) in [6.45, 7) is 19.5. The number of rotatable bonds is 4. The van der Waals surface area contributed by atoms with Crippen LogP contribution in [-0.4, -0.2) is 42.8 Å². The number of esters is 1. The molecule has 0 aromatic carbocycles. The van der Waals surface area contributed by atoms with E-state index >= 15 is 0 Å². The number of carbonyl (C=O) groups excluding carboxylic acids is 1. The van der Waals surface area contributed by atoms with Gasteiger partial charge in [-0.2, -0.15) is 0 Å². The quantitative estimate of drug-likeness (QED) is 0.265. The fourth-order valence-electron chi connectivity index (χ4n) is 12.2. The van der Waals surface area contributed by atoms with Crippen molar-refractivity contribution in [1.29, 1.82) is 0 Å². The zero-order chi connectivity index (χ0) is 33.1. The average Bonchev–Trinajstić information content (AvgIpc) is 3.40. The summed E-state index contributed by atoms with van der Waals surface area (Å²) in [5, 5.41) is 11.0. The lowest BCUT2D eigenvalue weighted by atomic mass is 9.33. The number of carbonyl (C=O) groups is 1. The van der Waals surface area contributed by atoms with Crippen molar-refractivity contribution in [2.24, 2.45) is 50.2 Å². The summed E-state index contributed by atoms with van der Waals surface area (Å²) >= 11 is 0. The van der Waals surface area contributed by atoms with Crippen LogP contribution in [-0.2, 0) is 16.1 Å². The highest BCUT2D eigenvalue weighted by molar-refractivity contribution is 5.81. The molecule has 0 amide bonds. The van der Waals surface area contributed by atoms with Crippen LogP contribution >= 0.6 is 0 Å². The highest BCUT2D eigenvalue weighted by Gasteiger charge is 2.68. The second kappa shape index (κ2) is 10.3. The topological polar surface area (TPSA) is 116 Å².